The highest BCUT2D eigenvalue weighted by molar-refractivity contribution is 5.81. The van der Waals surface area contributed by atoms with Gasteiger partial charge in [0.15, 0.2) is 5.96 Å². The van der Waals surface area contributed by atoms with Gasteiger partial charge in [-0.3, -0.25) is 4.99 Å². The van der Waals surface area contributed by atoms with E-state index in [1.54, 1.807) is 12.1 Å². The van der Waals surface area contributed by atoms with Crippen LogP contribution < -0.4 is 10.5 Å². The van der Waals surface area contributed by atoms with Crippen LogP contribution in [0.3, 0.4) is 0 Å². The zero-order valence-electron chi connectivity index (χ0n) is 10.9. The maximum absolute atomic E-state index is 12.3. The zero-order chi connectivity index (χ0) is 14.0. The molecule has 1 heterocycles. The number of hydrogen-bond donors (Lipinski definition) is 1. The van der Waals surface area contributed by atoms with Crippen molar-refractivity contribution in [1.82, 2.24) is 4.90 Å². The fourth-order valence-electron chi connectivity index (χ4n) is 2.42. The molecule has 0 bridgehead atoms. The molecule has 0 radical (unpaired) electrons. The van der Waals surface area contributed by atoms with E-state index in [1.165, 1.54) is 6.07 Å². The maximum atomic E-state index is 12.3. The van der Waals surface area contributed by atoms with Crippen LogP contribution in [0.2, 0.25) is 0 Å². The van der Waals surface area contributed by atoms with Gasteiger partial charge in [-0.1, -0.05) is 12.1 Å². The zero-order valence-corrected chi connectivity index (χ0v) is 10.9. The van der Waals surface area contributed by atoms with Crippen molar-refractivity contribution in [2.24, 2.45) is 10.7 Å². The van der Waals surface area contributed by atoms with Crippen LogP contribution in [0.25, 0.3) is 0 Å². The van der Waals surface area contributed by atoms with E-state index < -0.39 is 12.2 Å². The molecule has 19 heavy (non-hydrogen) atoms. The normalized spacial score (nSPS) is 22.8. The third kappa shape index (κ3) is 2.47. The summed E-state index contributed by atoms with van der Waals surface area (Å²) in [5, 5.41) is 0. The second-order valence-corrected chi connectivity index (χ2v) is 4.60. The SMILES string of the molecule is CCN1C(N)=NCC1(C)c1cccc(OC(F)F)c1. The number of nitrogens with zero attached hydrogens (tertiary/aromatic N) is 2. The largest absolute Gasteiger partial charge is 0.435 e. The Bertz CT molecular complexity index is 493. The second kappa shape index (κ2) is 5.03. The summed E-state index contributed by atoms with van der Waals surface area (Å²) >= 11 is 0. The monoisotopic (exact) mass is 269 g/mol. The van der Waals surface area contributed by atoms with Gasteiger partial charge in [0.25, 0.3) is 0 Å². The minimum absolute atomic E-state index is 0.148. The number of benzene rings is 1. The summed E-state index contributed by atoms with van der Waals surface area (Å²) in [4.78, 5) is 6.19. The Hall–Kier alpha value is -1.85. The summed E-state index contributed by atoms with van der Waals surface area (Å²) in [6.07, 6.45) is 0. The van der Waals surface area contributed by atoms with Crippen molar-refractivity contribution in [1.29, 1.82) is 0 Å². The molecule has 0 saturated carbocycles. The van der Waals surface area contributed by atoms with E-state index >= 15 is 0 Å². The van der Waals surface area contributed by atoms with Gasteiger partial charge in [-0.2, -0.15) is 8.78 Å². The van der Waals surface area contributed by atoms with Crippen molar-refractivity contribution in [2.75, 3.05) is 13.1 Å². The Morgan fingerprint density at radius 2 is 2.26 bits per heavy atom. The molecular weight excluding hydrogens is 252 g/mol. The first kappa shape index (κ1) is 13.6. The van der Waals surface area contributed by atoms with Crippen molar-refractivity contribution in [2.45, 2.75) is 26.0 Å². The highest BCUT2D eigenvalue weighted by atomic mass is 19.3. The number of alkyl halides is 2. The summed E-state index contributed by atoms with van der Waals surface area (Å²) < 4.78 is 28.9. The summed E-state index contributed by atoms with van der Waals surface area (Å²) in [5.41, 5.74) is 6.29. The Balaban J connectivity index is 2.31. The third-order valence-corrected chi connectivity index (χ3v) is 3.42. The van der Waals surface area contributed by atoms with Gasteiger partial charge in [0.1, 0.15) is 5.75 Å². The summed E-state index contributed by atoms with van der Waals surface area (Å²) in [6, 6.07) is 6.69. The Kier molecular flexibility index (Phi) is 3.59. The summed E-state index contributed by atoms with van der Waals surface area (Å²) in [7, 11) is 0. The van der Waals surface area contributed by atoms with Crippen LogP contribution in [-0.4, -0.2) is 30.6 Å². The van der Waals surface area contributed by atoms with E-state index in [4.69, 9.17) is 5.73 Å². The lowest BCUT2D eigenvalue weighted by molar-refractivity contribution is -0.0499. The molecule has 2 rings (SSSR count). The molecule has 0 aromatic heterocycles. The molecule has 4 nitrogen and oxygen atoms in total. The number of likely N-dealkylation sites (N-methyl/N-ethyl adjacent to an activating group) is 1. The molecule has 6 heteroatoms. The van der Waals surface area contributed by atoms with E-state index in [-0.39, 0.29) is 5.75 Å². The number of hydrogen-bond acceptors (Lipinski definition) is 4. The van der Waals surface area contributed by atoms with Crippen LogP contribution in [0.4, 0.5) is 8.78 Å². The standard InChI is InChI=1S/C13H17F2N3O/c1-3-18-12(16)17-8-13(18,2)9-5-4-6-10(7-9)19-11(14)15/h4-7,11H,3,8H2,1-2H3,(H2,16,17). The molecule has 0 spiro atoms. The van der Waals surface area contributed by atoms with Gasteiger partial charge >= 0.3 is 6.61 Å². The lowest BCUT2D eigenvalue weighted by Gasteiger charge is -2.36. The predicted molar refractivity (Wildman–Crippen MR) is 69.3 cm³/mol. The summed E-state index contributed by atoms with van der Waals surface area (Å²) in [6.45, 7) is 2.35. The highest BCUT2D eigenvalue weighted by Crippen LogP contribution is 2.34. The van der Waals surface area contributed by atoms with Crippen LogP contribution in [0.15, 0.2) is 29.3 Å². The number of rotatable bonds is 4. The molecule has 2 N–H and O–H groups in total. The molecule has 1 unspecified atom stereocenters. The first-order valence-corrected chi connectivity index (χ1v) is 6.10. The van der Waals surface area contributed by atoms with Crippen molar-refractivity contribution in [3.63, 3.8) is 0 Å². The summed E-state index contributed by atoms with van der Waals surface area (Å²) in [5.74, 6) is 0.625. The van der Waals surface area contributed by atoms with Crippen LogP contribution in [0, 0.1) is 0 Å². The van der Waals surface area contributed by atoms with Crippen molar-refractivity contribution >= 4 is 5.96 Å². The van der Waals surface area contributed by atoms with Gasteiger partial charge in [-0.25, -0.2) is 0 Å². The number of halogens is 2. The lowest BCUT2D eigenvalue weighted by Crippen LogP contribution is -2.47. The van der Waals surface area contributed by atoms with E-state index in [0.29, 0.717) is 19.0 Å². The average molecular weight is 269 g/mol. The van der Waals surface area contributed by atoms with E-state index in [1.807, 2.05) is 24.8 Å². The van der Waals surface area contributed by atoms with Crippen LogP contribution in [-0.2, 0) is 5.54 Å². The molecule has 0 amide bonds. The first-order valence-electron chi connectivity index (χ1n) is 6.10. The molecule has 104 valence electrons. The number of nitrogens with two attached hydrogens (primary N) is 1. The molecule has 0 aliphatic carbocycles. The van der Waals surface area contributed by atoms with Crippen molar-refractivity contribution in [3.05, 3.63) is 29.8 Å². The highest BCUT2D eigenvalue weighted by Gasteiger charge is 2.38. The van der Waals surface area contributed by atoms with E-state index in [9.17, 15) is 8.78 Å². The van der Waals surface area contributed by atoms with Crippen molar-refractivity contribution < 1.29 is 13.5 Å². The number of ether oxygens (including phenoxy) is 1. The van der Waals surface area contributed by atoms with Crippen LogP contribution in [0.1, 0.15) is 19.4 Å². The number of guanidine groups is 1. The molecule has 1 aliphatic heterocycles. The topological polar surface area (TPSA) is 50.8 Å². The molecule has 1 aromatic carbocycles. The Morgan fingerprint density at radius 1 is 1.53 bits per heavy atom. The molecule has 0 fully saturated rings. The van der Waals surface area contributed by atoms with Crippen LogP contribution >= 0.6 is 0 Å². The van der Waals surface area contributed by atoms with Gasteiger partial charge in [-0.05, 0) is 31.5 Å². The first-order chi connectivity index (χ1) is 8.97. The molecular formula is C13H17F2N3O. The van der Waals surface area contributed by atoms with Crippen molar-refractivity contribution in [3.8, 4) is 5.75 Å². The minimum atomic E-state index is -2.82. The fraction of sp³-hybridized carbons (Fsp3) is 0.462. The third-order valence-electron chi connectivity index (χ3n) is 3.42. The van der Waals surface area contributed by atoms with Gasteiger partial charge in [-0.15, -0.1) is 0 Å². The minimum Gasteiger partial charge on any atom is -0.435 e. The average Bonchev–Trinajstić information content (AvgIpc) is 2.65. The molecule has 1 aliphatic rings. The smallest absolute Gasteiger partial charge is 0.387 e. The van der Waals surface area contributed by atoms with Gasteiger partial charge in [0, 0.05) is 6.54 Å². The molecule has 1 aromatic rings. The van der Waals surface area contributed by atoms with Crippen LogP contribution in [0.5, 0.6) is 5.75 Å². The molecule has 1 atom stereocenters. The van der Waals surface area contributed by atoms with E-state index in [2.05, 4.69) is 9.73 Å². The molecule has 0 saturated heterocycles. The quantitative estimate of drug-likeness (QED) is 0.911. The van der Waals surface area contributed by atoms with Gasteiger partial charge < -0.3 is 15.4 Å². The van der Waals surface area contributed by atoms with Gasteiger partial charge in [0.05, 0.1) is 12.1 Å². The number of aliphatic imine (C=N–C) groups is 1. The lowest BCUT2D eigenvalue weighted by atomic mass is 9.91. The fourth-order valence-corrected chi connectivity index (χ4v) is 2.42. The second-order valence-electron chi connectivity index (χ2n) is 4.60. The Labute approximate surface area is 110 Å². The Morgan fingerprint density at radius 3 is 2.89 bits per heavy atom. The predicted octanol–water partition coefficient (Wildman–Crippen LogP) is 2.15. The van der Waals surface area contributed by atoms with Gasteiger partial charge in [0.2, 0.25) is 0 Å². The van der Waals surface area contributed by atoms with E-state index in [0.717, 1.165) is 5.56 Å². The maximum Gasteiger partial charge on any atom is 0.387 e.